The number of carboxylic acid groups (broad SMARTS) is 1. The number of carboxylic acids is 1. The van der Waals surface area contributed by atoms with Crippen LogP contribution in [0.3, 0.4) is 0 Å². The van der Waals surface area contributed by atoms with Crippen LogP contribution < -0.4 is 0 Å². The van der Waals surface area contributed by atoms with Crippen LogP contribution in [0.25, 0.3) is 0 Å². The van der Waals surface area contributed by atoms with Crippen molar-refractivity contribution in [1.82, 2.24) is 0 Å². The Kier molecular flexibility index (Phi) is 44.1. The van der Waals surface area contributed by atoms with Gasteiger partial charge in [0.05, 0.1) is 6.61 Å². The zero-order valence-electron chi connectivity index (χ0n) is 45.0. The van der Waals surface area contributed by atoms with Crippen LogP contribution in [0.2, 0.25) is 0 Å². The van der Waals surface area contributed by atoms with Crippen molar-refractivity contribution in [2.24, 2.45) is 0 Å². The third-order valence-electron chi connectivity index (χ3n) is 12.9. The number of aliphatic hydroxyl groups excluding tert-OH is 2. The standard InChI is InChI=1S/C59H102O12/c1-4-7-10-13-16-19-21-23-24-25-26-27-28-30-31-34-36-39-42-45-51(60)67-48-50(69-52(61)46-43-40-37-33-18-15-12-9-6-3)49-68-59-57(55(64)54(63)56(71-59)58(65)66)70-53(62)47-44-41-38-35-32-29-22-20-17-14-11-8-5-2/h16,19-20,22-24,26-27,50,54-57,59,63-64H,4-15,17-18,21,25,28-49H2,1-3H3,(H,65,66)/b19-16-,22-20-,24-23-,27-26-. The number of allylic oxidation sites excluding steroid dienone is 8. The summed E-state index contributed by atoms with van der Waals surface area (Å²) in [6, 6.07) is 0. The molecule has 0 bridgehead atoms. The Hall–Kier alpha value is -3.32. The van der Waals surface area contributed by atoms with Gasteiger partial charge in [0.25, 0.3) is 0 Å². The number of aliphatic carboxylic acids is 1. The molecule has 71 heavy (non-hydrogen) atoms. The monoisotopic (exact) mass is 1000 g/mol. The fourth-order valence-electron chi connectivity index (χ4n) is 8.43. The van der Waals surface area contributed by atoms with E-state index in [1.807, 2.05) is 0 Å². The molecule has 6 atom stereocenters. The van der Waals surface area contributed by atoms with Crippen molar-refractivity contribution in [2.45, 2.75) is 289 Å². The molecule has 0 aliphatic carbocycles. The van der Waals surface area contributed by atoms with Crippen LogP contribution in [-0.4, -0.2) is 89.2 Å². The molecule has 1 rings (SSSR count). The quantitative estimate of drug-likeness (QED) is 0.0228. The minimum atomic E-state index is -1.90. The molecule has 1 fully saturated rings. The van der Waals surface area contributed by atoms with Crippen molar-refractivity contribution in [2.75, 3.05) is 13.2 Å². The number of ether oxygens (including phenoxy) is 5. The van der Waals surface area contributed by atoms with E-state index >= 15 is 0 Å². The average Bonchev–Trinajstić information content (AvgIpc) is 3.35. The van der Waals surface area contributed by atoms with Crippen LogP contribution in [0.15, 0.2) is 48.6 Å². The minimum Gasteiger partial charge on any atom is -0.479 e. The predicted octanol–water partition coefficient (Wildman–Crippen LogP) is 14.2. The Morgan fingerprint density at radius 2 is 0.845 bits per heavy atom. The molecule has 1 aliphatic heterocycles. The van der Waals surface area contributed by atoms with Gasteiger partial charge in [-0.05, 0) is 83.5 Å². The second-order valence-corrected chi connectivity index (χ2v) is 19.6. The van der Waals surface area contributed by atoms with Gasteiger partial charge in [-0.3, -0.25) is 14.4 Å². The molecule has 1 aliphatic rings. The summed E-state index contributed by atoms with van der Waals surface area (Å²) in [5.41, 5.74) is 0. The zero-order valence-corrected chi connectivity index (χ0v) is 45.0. The van der Waals surface area contributed by atoms with Gasteiger partial charge in [-0.15, -0.1) is 0 Å². The van der Waals surface area contributed by atoms with E-state index in [2.05, 4.69) is 69.4 Å². The van der Waals surface area contributed by atoms with Crippen LogP contribution >= 0.6 is 0 Å². The fraction of sp³-hybridized carbons (Fsp3) is 0.797. The van der Waals surface area contributed by atoms with E-state index in [-0.39, 0.29) is 25.9 Å². The lowest BCUT2D eigenvalue weighted by Gasteiger charge is -2.40. The molecule has 3 N–H and O–H groups in total. The summed E-state index contributed by atoms with van der Waals surface area (Å²) in [5, 5.41) is 31.4. The van der Waals surface area contributed by atoms with E-state index in [4.69, 9.17) is 23.7 Å². The fourth-order valence-corrected chi connectivity index (χ4v) is 8.43. The topological polar surface area (TPSA) is 175 Å². The summed E-state index contributed by atoms with van der Waals surface area (Å²) >= 11 is 0. The summed E-state index contributed by atoms with van der Waals surface area (Å²) < 4.78 is 28.3. The third kappa shape index (κ3) is 38.0. The molecule has 410 valence electrons. The molecule has 0 aromatic heterocycles. The number of rotatable bonds is 48. The van der Waals surface area contributed by atoms with Gasteiger partial charge in [-0.2, -0.15) is 0 Å². The molecule has 6 unspecified atom stereocenters. The van der Waals surface area contributed by atoms with Crippen molar-refractivity contribution in [3.05, 3.63) is 48.6 Å². The first kappa shape index (κ1) is 65.7. The molecule has 0 aromatic rings. The molecular formula is C59H102O12. The number of hydrogen-bond acceptors (Lipinski definition) is 11. The lowest BCUT2D eigenvalue weighted by molar-refractivity contribution is -0.301. The molecule has 0 amide bonds. The molecule has 0 saturated carbocycles. The van der Waals surface area contributed by atoms with Crippen molar-refractivity contribution >= 4 is 23.9 Å². The van der Waals surface area contributed by atoms with Crippen molar-refractivity contribution in [3.8, 4) is 0 Å². The van der Waals surface area contributed by atoms with Crippen LogP contribution in [0.5, 0.6) is 0 Å². The molecule has 12 heteroatoms. The largest absolute Gasteiger partial charge is 0.479 e. The Bertz CT molecular complexity index is 1420. The van der Waals surface area contributed by atoms with Gasteiger partial charge >= 0.3 is 23.9 Å². The Balaban J connectivity index is 2.66. The Morgan fingerprint density at radius 3 is 1.34 bits per heavy atom. The Morgan fingerprint density at radius 1 is 0.465 bits per heavy atom. The second-order valence-electron chi connectivity index (χ2n) is 19.6. The van der Waals surface area contributed by atoms with Gasteiger partial charge in [0, 0.05) is 19.3 Å². The van der Waals surface area contributed by atoms with Gasteiger partial charge < -0.3 is 39.0 Å². The smallest absolute Gasteiger partial charge is 0.335 e. The normalized spacial score (nSPS) is 18.8. The van der Waals surface area contributed by atoms with Gasteiger partial charge in [0.1, 0.15) is 18.8 Å². The van der Waals surface area contributed by atoms with E-state index in [9.17, 15) is 34.5 Å². The lowest BCUT2D eigenvalue weighted by Crippen LogP contribution is -2.61. The van der Waals surface area contributed by atoms with E-state index in [1.165, 1.54) is 83.5 Å². The van der Waals surface area contributed by atoms with E-state index in [1.54, 1.807) is 0 Å². The van der Waals surface area contributed by atoms with Crippen molar-refractivity contribution in [1.29, 1.82) is 0 Å². The van der Waals surface area contributed by atoms with Crippen LogP contribution in [-0.2, 0) is 42.9 Å². The first-order valence-electron chi connectivity index (χ1n) is 28.6. The molecule has 1 heterocycles. The molecule has 0 spiro atoms. The average molecular weight is 1000 g/mol. The summed E-state index contributed by atoms with van der Waals surface area (Å²) in [5.74, 6) is -3.14. The van der Waals surface area contributed by atoms with Gasteiger partial charge in [0.2, 0.25) is 0 Å². The molecular weight excluding hydrogens is 901 g/mol. The highest BCUT2D eigenvalue weighted by Gasteiger charge is 2.50. The first-order chi connectivity index (χ1) is 34.6. The Labute approximate surface area is 431 Å². The SMILES string of the molecule is CCCCC/C=C\C/C=C\C/C=C\CCCCCCCCC(=O)OCC(COC1OC(C(=O)O)C(O)C(O)C1OC(=O)CCCCCCC/C=C\CCCCCC)OC(=O)CCCCCCCCCCC. The van der Waals surface area contributed by atoms with Crippen LogP contribution in [0, 0.1) is 0 Å². The van der Waals surface area contributed by atoms with Crippen molar-refractivity contribution < 1.29 is 58.2 Å². The number of unbranched alkanes of at least 4 members (excludes halogenated alkanes) is 26. The molecule has 1 saturated heterocycles. The highest BCUT2D eigenvalue weighted by atomic mass is 16.7. The maximum Gasteiger partial charge on any atom is 0.335 e. The number of carbonyl (C=O) groups excluding carboxylic acids is 3. The zero-order chi connectivity index (χ0) is 51.8. The molecule has 12 nitrogen and oxygen atoms in total. The van der Waals surface area contributed by atoms with E-state index in [0.29, 0.717) is 19.3 Å². The van der Waals surface area contributed by atoms with Crippen LogP contribution in [0.1, 0.15) is 252 Å². The summed E-state index contributed by atoms with van der Waals surface area (Å²) in [6.07, 6.45) is 43.8. The van der Waals surface area contributed by atoms with Gasteiger partial charge in [-0.25, -0.2) is 4.79 Å². The minimum absolute atomic E-state index is 0.0505. The van der Waals surface area contributed by atoms with E-state index < -0.39 is 67.3 Å². The third-order valence-corrected chi connectivity index (χ3v) is 12.9. The maximum absolute atomic E-state index is 13.0. The van der Waals surface area contributed by atoms with Crippen molar-refractivity contribution in [3.63, 3.8) is 0 Å². The van der Waals surface area contributed by atoms with E-state index in [0.717, 1.165) is 109 Å². The predicted molar refractivity (Wildman–Crippen MR) is 285 cm³/mol. The highest BCUT2D eigenvalue weighted by Crippen LogP contribution is 2.26. The highest BCUT2D eigenvalue weighted by molar-refractivity contribution is 5.74. The number of aliphatic hydroxyl groups is 2. The van der Waals surface area contributed by atoms with Crippen LogP contribution in [0.4, 0.5) is 0 Å². The first-order valence-corrected chi connectivity index (χ1v) is 28.6. The molecule has 0 aromatic carbocycles. The van der Waals surface area contributed by atoms with Gasteiger partial charge in [-0.1, -0.05) is 198 Å². The number of esters is 3. The number of hydrogen-bond donors (Lipinski definition) is 3. The number of carbonyl (C=O) groups is 4. The second kappa shape index (κ2) is 47.7. The maximum atomic E-state index is 13.0. The molecule has 0 radical (unpaired) electrons. The van der Waals surface area contributed by atoms with Gasteiger partial charge in [0.15, 0.2) is 24.6 Å². The summed E-state index contributed by atoms with van der Waals surface area (Å²) in [7, 11) is 0. The summed E-state index contributed by atoms with van der Waals surface area (Å²) in [6.45, 7) is 5.90. The summed E-state index contributed by atoms with van der Waals surface area (Å²) in [4.78, 5) is 50.9. The lowest BCUT2D eigenvalue weighted by atomic mass is 9.98.